The molecule has 3 fully saturated rings. The molecule has 1 saturated carbocycles. The van der Waals surface area contributed by atoms with Gasteiger partial charge in [0.2, 0.25) is 5.91 Å². The molecule has 196 valence electrons. The van der Waals surface area contributed by atoms with Crippen LogP contribution in [-0.2, 0) is 30.3 Å². The first-order chi connectivity index (χ1) is 16.9. The van der Waals surface area contributed by atoms with Crippen LogP contribution in [0.5, 0.6) is 0 Å². The number of ether oxygens (including phenoxy) is 4. The van der Waals surface area contributed by atoms with Gasteiger partial charge in [0, 0.05) is 25.6 Å². The summed E-state index contributed by atoms with van der Waals surface area (Å²) in [7, 11) is 0. The van der Waals surface area contributed by atoms with Crippen LogP contribution in [0.2, 0.25) is 0 Å². The highest BCUT2D eigenvalue weighted by atomic mass is 16.8. The SMILES string of the molecule is CCN(CC)CCN(C[C@H]1O[C@@H]2OC(C)(C)O[C@@H]2[C@H]1OCc1ccccc1)C(=O)C1CCCCC1. The number of likely N-dealkylation sites (N-methyl/N-ethyl adjacent to an activating group) is 1. The lowest BCUT2D eigenvalue weighted by Crippen LogP contribution is -2.49. The van der Waals surface area contributed by atoms with Crippen molar-refractivity contribution in [2.24, 2.45) is 5.92 Å². The van der Waals surface area contributed by atoms with E-state index >= 15 is 0 Å². The van der Waals surface area contributed by atoms with Gasteiger partial charge in [-0.15, -0.1) is 0 Å². The number of carbonyl (C=O) groups is 1. The van der Waals surface area contributed by atoms with E-state index in [1.807, 2.05) is 36.9 Å². The van der Waals surface area contributed by atoms with Crippen LogP contribution in [0, 0.1) is 5.92 Å². The molecule has 1 amide bonds. The first-order valence-electron chi connectivity index (χ1n) is 13.6. The summed E-state index contributed by atoms with van der Waals surface area (Å²) in [4.78, 5) is 18.1. The number of fused-ring (bicyclic) bond motifs is 1. The highest BCUT2D eigenvalue weighted by molar-refractivity contribution is 5.79. The van der Waals surface area contributed by atoms with E-state index in [1.54, 1.807) is 0 Å². The largest absolute Gasteiger partial charge is 0.368 e. The van der Waals surface area contributed by atoms with Crippen molar-refractivity contribution in [1.29, 1.82) is 0 Å². The van der Waals surface area contributed by atoms with Crippen molar-refractivity contribution in [3.05, 3.63) is 35.9 Å². The van der Waals surface area contributed by atoms with Crippen LogP contribution >= 0.6 is 0 Å². The first kappa shape index (κ1) is 26.6. The van der Waals surface area contributed by atoms with Crippen LogP contribution in [-0.4, -0.2) is 78.8 Å². The molecule has 0 N–H and O–H groups in total. The zero-order valence-electron chi connectivity index (χ0n) is 22.0. The van der Waals surface area contributed by atoms with Gasteiger partial charge >= 0.3 is 0 Å². The maximum Gasteiger partial charge on any atom is 0.225 e. The van der Waals surface area contributed by atoms with Crippen molar-refractivity contribution in [1.82, 2.24) is 9.80 Å². The lowest BCUT2D eigenvalue weighted by molar-refractivity contribution is -0.221. The third-order valence-electron chi connectivity index (χ3n) is 7.62. The minimum Gasteiger partial charge on any atom is -0.368 e. The Labute approximate surface area is 211 Å². The van der Waals surface area contributed by atoms with Gasteiger partial charge in [-0.2, -0.15) is 0 Å². The van der Waals surface area contributed by atoms with Gasteiger partial charge in [-0.3, -0.25) is 4.79 Å². The molecule has 1 aliphatic carbocycles. The number of carbonyl (C=O) groups excluding carboxylic acids is 1. The third kappa shape index (κ3) is 6.83. The number of hydrogen-bond donors (Lipinski definition) is 0. The predicted octanol–water partition coefficient (Wildman–Crippen LogP) is 4.20. The van der Waals surface area contributed by atoms with E-state index in [-0.39, 0.29) is 30.1 Å². The fourth-order valence-electron chi connectivity index (χ4n) is 5.58. The van der Waals surface area contributed by atoms with E-state index in [9.17, 15) is 4.79 Å². The van der Waals surface area contributed by atoms with Gasteiger partial charge in [0.25, 0.3) is 0 Å². The quantitative estimate of drug-likeness (QED) is 0.465. The number of amides is 1. The van der Waals surface area contributed by atoms with E-state index in [0.717, 1.165) is 50.9 Å². The average molecular weight is 489 g/mol. The summed E-state index contributed by atoms with van der Waals surface area (Å²) in [6.07, 6.45) is 4.10. The Kier molecular flexibility index (Phi) is 9.22. The van der Waals surface area contributed by atoms with Crippen molar-refractivity contribution in [3.8, 4) is 0 Å². The minimum atomic E-state index is -0.713. The van der Waals surface area contributed by atoms with E-state index in [1.165, 1.54) is 6.42 Å². The Bertz CT molecular complexity index is 794. The van der Waals surface area contributed by atoms with Crippen LogP contribution in [0.25, 0.3) is 0 Å². The summed E-state index contributed by atoms with van der Waals surface area (Å²) in [5.41, 5.74) is 1.10. The van der Waals surface area contributed by atoms with Gasteiger partial charge in [0.05, 0.1) is 6.61 Å². The van der Waals surface area contributed by atoms with Crippen LogP contribution in [0.4, 0.5) is 0 Å². The van der Waals surface area contributed by atoms with Gasteiger partial charge in [0.15, 0.2) is 12.1 Å². The molecule has 3 aliphatic rings. The molecule has 7 nitrogen and oxygen atoms in total. The molecule has 2 aliphatic heterocycles. The van der Waals surface area contributed by atoms with Crippen LogP contribution in [0.3, 0.4) is 0 Å². The van der Waals surface area contributed by atoms with Crippen LogP contribution < -0.4 is 0 Å². The molecule has 0 aromatic heterocycles. The molecule has 35 heavy (non-hydrogen) atoms. The standard InChI is InChI=1S/C28H44N2O5/c1-5-29(6-2)17-18-30(26(31)22-15-11-8-12-16-22)19-23-24(32-20-21-13-9-7-10-14-21)25-27(33-23)35-28(3,4)34-25/h7,9-10,13-14,22-25,27H,5-6,8,11-12,15-20H2,1-4H3/t23-,24+,25-,27-/m1/s1. The fraction of sp³-hybridized carbons (Fsp3) is 0.750. The summed E-state index contributed by atoms with van der Waals surface area (Å²) in [5.74, 6) is -0.326. The predicted molar refractivity (Wildman–Crippen MR) is 135 cm³/mol. The molecule has 2 heterocycles. The zero-order valence-corrected chi connectivity index (χ0v) is 22.0. The molecule has 0 spiro atoms. The zero-order chi connectivity index (χ0) is 24.8. The van der Waals surface area contributed by atoms with Crippen molar-refractivity contribution in [2.75, 3.05) is 32.7 Å². The van der Waals surface area contributed by atoms with E-state index in [2.05, 4.69) is 30.9 Å². The van der Waals surface area contributed by atoms with E-state index in [0.29, 0.717) is 19.7 Å². The smallest absolute Gasteiger partial charge is 0.225 e. The number of rotatable bonds is 11. The Balaban J connectivity index is 1.48. The molecule has 7 heteroatoms. The van der Waals surface area contributed by atoms with Gasteiger partial charge in [-0.05, 0) is 45.3 Å². The molecule has 0 bridgehead atoms. The Morgan fingerprint density at radius 3 is 2.43 bits per heavy atom. The topological polar surface area (TPSA) is 60.5 Å². The molecule has 0 radical (unpaired) electrons. The molecule has 1 aromatic rings. The van der Waals surface area contributed by atoms with E-state index < -0.39 is 12.1 Å². The summed E-state index contributed by atoms with van der Waals surface area (Å²) in [6, 6.07) is 10.1. The van der Waals surface area contributed by atoms with Crippen molar-refractivity contribution in [2.45, 2.75) is 96.8 Å². The lowest BCUT2D eigenvalue weighted by atomic mass is 9.88. The van der Waals surface area contributed by atoms with Gasteiger partial charge in [-0.25, -0.2) is 0 Å². The van der Waals surface area contributed by atoms with Crippen molar-refractivity contribution in [3.63, 3.8) is 0 Å². The average Bonchev–Trinajstić information content (AvgIpc) is 3.33. The summed E-state index contributed by atoms with van der Waals surface area (Å²) in [6.45, 7) is 12.6. The second-order valence-corrected chi connectivity index (χ2v) is 10.6. The van der Waals surface area contributed by atoms with E-state index in [4.69, 9.17) is 18.9 Å². The summed E-state index contributed by atoms with van der Waals surface area (Å²) in [5, 5.41) is 0. The third-order valence-corrected chi connectivity index (χ3v) is 7.62. The monoisotopic (exact) mass is 488 g/mol. The van der Waals surface area contributed by atoms with Crippen molar-refractivity contribution < 1.29 is 23.7 Å². The second-order valence-electron chi connectivity index (χ2n) is 10.6. The normalized spacial score (nSPS) is 28.4. The molecule has 2 saturated heterocycles. The van der Waals surface area contributed by atoms with Crippen molar-refractivity contribution >= 4 is 5.91 Å². The van der Waals surface area contributed by atoms with Gasteiger partial charge in [-0.1, -0.05) is 63.4 Å². The Hall–Kier alpha value is -1.51. The fourth-order valence-corrected chi connectivity index (χ4v) is 5.58. The maximum atomic E-state index is 13.7. The maximum absolute atomic E-state index is 13.7. The van der Waals surface area contributed by atoms with Crippen LogP contribution in [0.1, 0.15) is 65.4 Å². The second kappa shape index (κ2) is 12.2. The molecule has 0 unspecified atom stereocenters. The minimum absolute atomic E-state index is 0.122. The number of benzene rings is 1. The molecule has 4 atom stereocenters. The van der Waals surface area contributed by atoms with Gasteiger partial charge in [0.1, 0.15) is 18.3 Å². The summed E-state index contributed by atoms with van der Waals surface area (Å²) < 4.78 is 25.0. The summed E-state index contributed by atoms with van der Waals surface area (Å²) >= 11 is 0. The Morgan fingerprint density at radius 2 is 1.74 bits per heavy atom. The first-order valence-corrected chi connectivity index (χ1v) is 13.6. The number of hydrogen-bond acceptors (Lipinski definition) is 6. The molecular weight excluding hydrogens is 444 g/mol. The molecule has 1 aromatic carbocycles. The molecule has 4 rings (SSSR count). The highest BCUT2D eigenvalue weighted by Gasteiger charge is 2.55. The number of nitrogens with zero attached hydrogens (tertiary/aromatic N) is 2. The van der Waals surface area contributed by atoms with Gasteiger partial charge < -0.3 is 28.7 Å². The van der Waals surface area contributed by atoms with Crippen LogP contribution in [0.15, 0.2) is 30.3 Å². The lowest BCUT2D eigenvalue weighted by Gasteiger charge is -2.34. The Morgan fingerprint density at radius 1 is 1.03 bits per heavy atom. The molecular formula is C28H44N2O5. The highest BCUT2D eigenvalue weighted by Crippen LogP contribution is 2.39.